The zero-order chi connectivity index (χ0) is 36.0. The Morgan fingerprint density at radius 1 is 0.756 bits per heavy atom. The number of azo groups is 1. The number of esters is 1. The maximum Gasteiger partial charge on any atom is 0.305 e. The van der Waals surface area contributed by atoms with Crippen LogP contribution in [0, 0.1) is 17.2 Å². The van der Waals surface area contributed by atoms with Crippen molar-refractivity contribution in [1.29, 1.82) is 5.26 Å². The molecule has 1 unspecified atom stereocenters. The van der Waals surface area contributed by atoms with E-state index in [2.05, 4.69) is 16.3 Å². The van der Waals surface area contributed by atoms with E-state index < -0.39 is 31.0 Å². The lowest BCUT2D eigenvalue weighted by Crippen LogP contribution is -2.17. The first-order valence-electron chi connectivity index (χ1n) is 18.2. The van der Waals surface area contributed by atoms with Crippen molar-refractivity contribution in [3.8, 4) is 11.8 Å². The molecule has 0 heterocycles. The minimum Gasteiger partial charge on any atom is -0.494 e. The van der Waals surface area contributed by atoms with Gasteiger partial charge >= 0.3 is 11.9 Å². The van der Waals surface area contributed by atoms with Crippen LogP contribution in [0.5, 0.6) is 5.75 Å². The Bertz CT molecular complexity index is 1310. The predicted molar refractivity (Wildman–Crippen MR) is 175 cm³/mol. The van der Waals surface area contributed by atoms with Gasteiger partial charge in [0.15, 0.2) is 0 Å². The van der Waals surface area contributed by atoms with Crippen LogP contribution < -0.4 is 4.74 Å². The highest BCUT2D eigenvalue weighted by Gasteiger charge is 2.11. The minimum absolute atomic E-state index is 0.0165. The molecule has 1 atom stereocenters. The van der Waals surface area contributed by atoms with Crippen LogP contribution in [-0.2, 0) is 14.3 Å². The zero-order valence-corrected chi connectivity index (χ0v) is 26.3. The summed E-state index contributed by atoms with van der Waals surface area (Å²) in [6.45, 7) is -5.03. The summed E-state index contributed by atoms with van der Waals surface area (Å²) in [5, 5.41) is 35.9. The Hall–Kier alpha value is -3.77. The summed E-state index contributed by atoms with van der Waals surface area (Å²) in [5.41, 5.74) is 1.85. The molecule has 246 valence electrons. The number of aliphatic carboxylic acids is 1. The molecule has 2 rings (SSSR count). The van der Waals surface area contributed by atoms with Crippen LogP contribution in [0.3, 0.4) is 0 Å². The molecule has 9 nitrogen and oxygen atoms in total. The van der Waals surface area contributed by atoms with E-state index in [0.29, 0.717) is 48.6 Å². The fourth-order valence-corrected chi connectivity index (χ4v) is 4.62. The number of carbonyl (C=O) groups is 2. The third kappa shape index (κ3) is 19.3. The smallest absolute Gasteiger partial charge is 0.305 e. The molecule has 9 heteroatoms. The lowest BCUT2D eigenvalue weighted by molar-refractivity contribution is -0.145. The quantitative estimate of drug-likeness (QED) is 0.0603. The van der Waals surface area contributed by atoms with Crippen LogP contribution in [0.4, 0.5) is 11.4 Å². The molecule has 0 amide bonds. The average Bonchev–Trinajstić information content (AvgIpc) is 3.05. The standard InChI is InChI=1S/C36H51N3O6/c37-27-30-18-20-32(21-19-30)38-39-33-22-24-34(25-23-33)44-26-14-10-9-11-15-31(28-40)29-45-36(43)17-13-8-6-4-2-1-3-5-7-12-16-35(41)42/h18-25,31,40H,1-17,26,28-29H2,(H,41,42)/i28D2,29D2. The van der Waals surface area contributed by atoms with Crippen LogP contribution in [0.2, 0.25) is 0 Å². The summed E-state index contributed by atoms with van der Waals surface area (Å²) >= 11 is 0. The monoisotopic (exact) mass is 625 g/mol. The molecule has 0 saturated heterocycles. The number of aliphatic hydroxyl groups is 1. The molecule has 45 heavy (non-hydrogen) atoms. The van der Waals surface area contributed by atoms with E-state index in [4.69, 9.17) is 25.3 Å². The fraction of sp³-hybridized carbons (Fsp3) is 0.583. The summed E-state index contributed by atoms with van der Waals surface area (Å²) < 4.78 is 42.8. The van der Waals surface area contributed by atoms with Crippen molar-refractivity contribution in [2.75, 3.05) is 19.7 Å². The van der Waals surface area contributed by atoms with Crippen molar-refractivity contribution in [2.45, 2.75) is 109 Å². The number of nitrogens with zero attached hydrogens (tertiary/aromatic N) is 3. The van der Waals surface area contributed by atoms with Gasteiger partial charge in [0.1, 0.15) is 5.75 Å². The summed E-state index contributed by atoms with van der Waals surface area (Å²) in [5.74, 6) is -2.32. The van der Waals surface area contributed by atoms with Gasteiger partial charge in [0.25, 0.3) is 0 Å². The molecule has 0 spiro atoms. The topological polar surface area (TPSA) is 142 Å². The molecule has 0 aliphatic rings. The Balaban J connectivity index is 1.59. The number of carboxylic acid groups (broad SMARTS) is 1. The van der Waals surface area contributed by atoms with E-state index in [-0.39, 0.29) is 19.3 Å². The number of rotatable bonds is 26. The van der Waals surface area contributed by atoms with E-state index in [0.717, 1.165) is 70.6 Å². The van der Waals surface area contributed by atoms with Crippen molar-refractivity contribution in [2.24, 2.45) is 16.1 Å². The number of unbranched alkanes of at least 4 members (excludes halogenated alkanes) is 12. The minimum atomic E-state index is -2.85. The third-order valence-corrected chi connectivity index (χ3v) is 7.26. The summed E-state index contributed by atoms with van der Waals surface area (Å²) in [7, 11) is 0. The van der Waals surface area contributed by atoms with Gasteiger partial charge in [-0.1, -0.05) is 70.6 Å². The fourth-order valence-electron chi connectivity index (χ4n) is 4.62. The largest absolute Gasteiger partial charge is 0.494 e. The molecule has 0 aliphatic heterocycles. The second kappa shape index (κ2) is 24.5. The number of ether oxygens (including phenoxy) is 2. The number of carboxylic acids is 1. The Morgan fingerprint density at radius 2 is 1.27 bits per heavy atom. The van der Waals surface area contributed by atoms with Gasteiger partial charge in [-0.05, 0) is 74.2 Å². The lowest BCUT2D eigenvalue weighted by Gasteiger charge is -2.14. The maximum absolute atomic E-state index is 12.4. The van der Waals surface area contributed by atoms with Gasteiger partial charge in [-0.2, -0.15) is 15.5 Å². The van der Waals surface area contributed by atoms with Crippen LogP contribution in [0.25, 0.3) is 0 Å². The number of hydrogen-bond acceptors (Lipinski definition) is 8. The van der Waals surface area contributed by atoms with Gasteiger partial charge in [0.2, 0.25) is 0 Å². The first kappa shape index (κ1) is 31.2. The van der Waals surface area contributed by atoms with Gasteiger partial charge in [0.05, 0.1) is 41.7 Å². The molecule has 0 aliphatic carbocycles. The molecule has 0 radical (unpaired) electrons. The molecule has 0 bridgehead atoms. The summed E-state index contributed by atoms with van der Waals surface area (Å²) in [6.07, 6.45) is 12.2. The maximum atomic E-state index is 12.4. The molecule has 2 aromatic carbocycles. The second-order valence-electron chi connectivity index (χ2n) is 11.1. The number of carbonyl (C=O) groups excluding carboxylic acids is 1. The number of benzene rings is 2. The molecule has 2 aromatic rings. The Morgan fingerprint density at radius 3 is 1.82 bits per heavy atom. The normalized spacial score (nSPS) is 13.7. The number of nitriles is 1. The van der Waals surface area contributed by atoms with E-state index in [1.807, 2.05) is 0 Å². The van der Waals surface area contributed by atoms with Crippen LogP contribution in [0.1, 0.15) is 120 Å². The Kier molecular flexibility index (Phi) is 17.0. The van der Waals surface area contributed by atoms with Crippen molar-refractivity contribution in [1.82, 2.24) is 0 Å². The van der Waals surface area contributed by atoms with Gasteiger partial charge in [0, 0.05) is 25.3 Å². The lowest BCUT2D eigenvalue weighted by atomic mass is 10.0. The second-order valence-corrected chi connectivity index (χ2v) is 11.1. The number of hydrogen-bond donors (Lipinski definition) is 2. The van der Waals surface area contributed by atoms with Crippen LogP contribution in [-0.4, -0.2) is 41.9 Å². The van der Waals surface area contributed by atoms with E-state index in [9.17, 15) is 14.7 Å². The van der Waals surface area contributed by atoms with Crippen LogP contribution in [0.15, 0.2) is 58.8 Å². The molecule has 2 N–H and O–H groups in total. The van der Waals surface area contributed by atoms with E-state index in [1.54, 1.807) is 48.5 Å². The van der Waals surface area contributed by atoms with Crippen molar-refractivity contribution < 1.29 is 34.8 Å². The first-order chi connectivity index (χ1) is 23.4. The highest BCUT2D eigenvalue weighted by molar-refractivity contribution is 5.69. The average molecular weight is 626 g/mol. The molecule has 0 aromatic heterocycles. The SMILES string of the molecule is [2H]C([2H])(O)C(CCCCCCOc1ccc(N=Nc2ccc(C#N)cc2)cc1)C([2H])([2H])OC(=O)CCCCCCCCCCCCC(=O)O. The van der Waals surface area contributed by atoms with Crippen molar-refractivity contribution >= 4 is 23.3 Å². The first-order valence-corrected chi connectivity index (χ1v) is 16.2. The third-order valence-electron chi connectivity index (χ3n) is 7.26. The van der Waals surface area contributed by atoms with Gasteiger partial charge in [-0.3, -0.25) is 9.59 Å². The zero-order valence-electron chi connectivity index (χ0n) is 30.3. The van der Waals surface area contributed by atoms with E-state index in [1.165, 1.54) is 0 Å². The Labute approximate surface area is 274 Å². The molecule has 0 saturated carbocycles. The molecule has 0 fully saturated rings. The van der Waals surface area contributed by atoms with Gasteiger partial charge in [-0.25, -0.2) is 0 Å². The highest BCUT2D eigenvalue weighted by atomic mass is 16.5. The molecular weight excluding hydrogens is 570 g/mol. The summed E-state index contributed by atoms with van der Waals surface area (Å²) in [6, 6.07) is 16.0. The highest BCUT2D eigenvalue weighted by Crippen LogP contribution is 2.22. The predicted octanol–water partition coefficient (Wildman–Crippen LogP) is 9.22. The van der Waals surface area contributed by atoms with Gasteiger partial charge in [-0.15, -0.1) is 0 Å². The van der Waals surface area contributed by atoms with Crippen molar-refractivity contribution in [3.63, 3.8) is 0 Å². The molecular formula is C36H51N3O6. The summed E-state index contributed by atoms with van der Waals surface area (Å²) in [4.78, 5) is 22.9. The van der Waals surface area contributed by atoms with Crippen molar-refractivity contribution in [3.05, 3.63) is 54.1 Å². The van der Waals surface area contributed by atoms with Gasteiger partial charge < -0.3 is 19.7 Å². The van der Waals surface area contributed by atoms with Crippen LogP contribution >= 0.6 is 0 Å². The van der Waals surface area contributed by atoms with E-state index >= 15 is 0 Å².